The number of nitrogens with zero attached hydrogens (tertiary/aromatic N) is 4. The highest BCUT2D eigenvalue weighted by Gasteiger charge is 2.28. The first-order valence-electron chi connectivity index (χ1n) is 11.9. The highest BCUT2D eigenvalue weighted by molar-refractivity contribution is 5.92. The number of anilines is 1. The maximum Gasteiger partial charge on any atom is 0.405 e. The van der Waals surface area contributed by atoms with Crippen molar-refractivity contribution in [2.75, 3.05) is 44.2 Å². The lowest BCUT2D eigenvalue weighted by Gasteiger charge is -2.35. The Morgan fingerprint density at radius 3 is 2.46 bits per heavy atom. The molecule has 3 aromatic rings. The molecule has 0 aliphatic carbocycles. The van der Waals surface area contributed by atoms with E-state index in [1.807, 2.05) is 30.0 Å². The van der Waals surface area contributed by atoms with E-state index in [0.29, 0.717) is 32.1 Å². The van der Waals surface area contributed by atoms with E-state index in [-0.39, 0.29) is 11.4 Å². The number of carbonyl (C=O) groups excluding carboxylic acids is 1. The van der Waals surface area contributed by atoms with Crippen molar-refractivity contribution in [1.82, 2.24) is 20.4 Å². The van der Waals surface area contributed by atoms with E-state index in [1.165, 1.54) is 6.07 Å². The molecule has 1 aliphatic rings. The molecule has 37 heavy (non-hydrogen) atoms. The lowest BCUT2D eigenvalue weighted by Crippen LogP contribution is -2.46. The molecule has 1 aliphatic heterocycles. The molecule has 1 saturated heterocycles. The zero-order valence-electron chi connectivity index (χ0n) is 20.3. The highest BCUT2D eigenvalue weighted by Crippen LogP contribution is 2.29. The minimum atomic E-state index is -4.49. The van der Waals surface area contributed by atoms with Crippen LogP contribution in [0.3, 0.4) is 0 Å². The van der Waals surface area contributed by atoms with Gasteiger partial charge in [0, 0.05) is 32.7 Å². The Kier molecular flexibility index (Phi) is 8.12. The van der Waals surface area contributed by atoms with Gasteiger partial charge in [0.05, 0.1) is 6.61 Å². The first-order chi connectivity index (χ1) is 17.7. The predicted molar refractivity (Wildman–Crippen MR) is 133 cm³/mol. The molecule has 2 aromatic carbocycles. The molecule has 0 saturated carbocycles. The number of benzene rings is 2. The SMILES string of the molecule is CCOc1cc(CN2CCN(c3ccc(C(=O)NCC(F)(F)F)nn3)CC2)cc(-c2cccc(O)c2)c1. The molecule has 196 valence electrons. The fourth-order valence-corrected chi connectivity index (χ4v) is 4.13. The van der Waals surface area contributed by atoms with Crippen LogP contribution in [0.25, 0.3) is 11.1 Å². The number of phenolic OH excluding ortho intramolecular Hbond substituents is 1. The summed E-state index contributed by atoms with van der Waals surface area (Å²) in [5, 5.41) is 19.5. The summed E-state index contributed by atoms with van der Waals surface area (Å²) in [6.45, 7) is 4.66. The smallest absolute Gasteiger partial charge is 0.405 e. The summed E-state index contributed by atoms with van der Waals surface area (Å²) in [5.41, 5.74) is 2.79. The number of amides is 1. The number of ether oxygens (including phenoxy) is 1. The van der Waals surface area contributed by atoms with Gasteiger partial charge < -0.3 is 20.1 Å². The van der Waals surface area contributed by atoms with Crippen LogP contribution in [-0.2, 0) is 6.54 Å². The molecule has 1 amide bonds. The molecule has 11 heteroatoms. The second-order valence-corrected chi connectivity index (χ2v) is 8.69. The van der Waals surface area contributed by atoms with Gasteiger partial charge in [0.25, 0.3) is 5.91 Å². The van der Waals surface area contributed by atoms with Gasteiger partial charge in [-0.1, -0.05) is 12.1 Å². The summed E-state index contributed by atoms with van der Waals surface area (Å²) in [6, 6.07) is 16.2. The average Bonchev–Trinajstić information content (AvgIpc) is 2.87. The summed E-state index contributed by atoms with van der Waals surface area (Å²) in [4.78, 5) is 16.2. The molecule has 8 nitrogen and oxygen atoms in total. The molecule has 0 atom stereocenters. The molecule has 0 spiro atoms. The third-order valence-corrected chi connectivity index (χ3v) is 5.89. The van der Waals surface area contributed by atoms with Gasteiger partial charge in [-0.15, -0.1) is 10.2 Å². The fraction of sp³-hybridized carbons (Fsp3) is 0.346. The minimum Gasteiger partial charge on any atom is -0.508 e. The Hall–Kier alpha value is -3.86. The van der Waals surface area contributed by atoms with Crippen LogP contribution in [0, 0.1) is 0 Å². The Labute approximate surface area is 212 Å². The first kappa shape index (κ1) is 26.2. The number of halogens is 3. The second-order valence-electron chi connectivity index (χ2n) is 8.69. The monoisotopic (exact) mass is 515 g/mol. The zero-order valence-corrected chi connectivity index (χ0v) is 20.3. The van der Waals surface area contributed by atoms with Crippen LogP contribution in [0.5, 0.6) is 11.5 Å². The van der Waals surface area contributed by atoms with Crippen molar-refractivity contribution >= 4 is 11.7 Å². The van der Waals surface area contributed by atoms with E-state index in [9.17, 15) is 23.1 Å². The van der Waals surface area contributed by atoms with Crippen LogP contribution < -0.4 is 15.0 Å². The number of piperazine rings is 1. The number of hydrogen-bond donors (Lipinski definition) is 2. The average molecular weight is 516 g/mol. The van der Waals surface area contributed by atoms with Gasteiger partial charge in [0.1, 0.15) is 18.0 Å². The molecule has 1 fully saturated rings. The van der Waals surface area contributed by atoms with Crippen LogP contribution in [-0.4, -0.2) is 71.6 Å². The Bertz CT molecular complexity index is 1210. The number of carbonyl (C=O) groups is 1. The van der Waals surface area contributed by atoms with Crippen molar-refractivity contribution in [2.24, 2.45) is 0 Å². The first-order valence-corrected chi connectivity index (χ1v) is 11.9. The van der Waals surface area contributed by atoms with Gasteiger partial charge in [-0.25, -0.2) is 0 Å². The van der Waals surface area contributed by atoms with E-state index in [1.54, 1.807) is 29.6 Å². The van der Waals surface area contributed by atoms with Crippen LogP contribution in [0.2, 0.25) is 0 Å². The standard InChI is InChI=1S/C26H28F3N5O3/c1-2-37-22-13-18(12-20(15-22)19-4-3-5-21(35)14-19)16-33-8-10-34(11-9-33)24-7-6-23(31-32-24)25(36)30-17-26(27,28)29/h3-7,12-15,35H,2,8-11,16-17H2,1H3,(H,30,36). The van der Waals surface area contributed by atoms with Gasteiger partial charge in [0.2, 0.25) is 0 Å². The predicted octanol–water partition coefficient (Wildman–Crippen LogP) is 3.86. The van der Waals surface area contributed by atoms with Crippen LogP contribution in [0.15, 0.2) is 54.6 Å². The normalized spacial score (nSPS) is 14.4. The van der Waals surface area contributed by atoms with Crippen molar-refractivity contribution in [3.63, 3.8) is 0 Å². The van der Waals surface area contributed by atoms with Gasteiger partial charge in [-0.05, 0) is 66.1 Å². The van der Waals surface area contributed by atoms with Crippen molar-refractivity contribution in [3.05, 3.63) is 65.9 Å². The minimum absolute atomic E-state index is 0.164. The molecular weight excluding hydrogens is 487 g/mol. The Balaban J connectivity index is 1.37. The summed E-state index contributed by atoms with van der Waals surface area (Å²) in [7, 11) is 0. The van der Waals surface area contributed by atoms with Crippen molar-refractivity contribution < 1.29 is 27.8 Å². The van der Waals surface area contributed by atoms with Crippen LogP contribution >= 0.6 is 0 Å². The third-order valence-electron chi connectivity index (χ3n) is 5.89. The Morgan fingerprint density at radius 2 is 1.81 bits per heavy atom. The largest absolute Gasteiger partial charge is 0.508 e. The summed E-state index contributed by atoms with van der Waals surface area (Å²) < 4.78 is 42.7. The van der Waals surface area contributed by atoms with Crippen molar-refractivity contribution in [1.29, 1.82) is 0 Å². The molecule has 0 bridgehead atoms. The maximum atomic E-state index is 12.3. The molecule has 0 radical (unpaired) electrons. The van der Waals surface area contributed by atoms with Gasteiger partial charge in [0.15, 0.2) is 11.5 Å². The number of aromatic nitrogens is 2. The van der Waals surface area contributed by atoms with E-state index in [0.717, 1.165) is 35.5 Å². The van der Waals surface area contributed by atoms with Crippen LogP contribution in [0.1, 0.15) is 23.0 Å². The van der Waals surface area contributed by atoms with Crippen molar-refractivity contribution in [2.45, 2.75) is 19.6 Å². The van der Waals surface area contributed by atoms with E-state index in [4.69, 9.17) is 4.74 Å². The van der Waals surface area contributed by atoms with E-state index >= 15 is 0 Å². The van der Waals surface area contributed by atoms with Crippen molar-refractivity contribution in [3.8, 4) is 22.6 Å². The molecular formula is C26H28F3N5O3. The quantitative estimate of drug-likeness (QED) is 0.471. The lowest BCUT2D eigenvalue weighted by atomic mass is 10.0. The summed E-state index contributed by atoms with van der Waals surface area (Å²) in [5.74, 6) is 0.624. The van der Waals surface area contributed by atoms with Crippen LogP contribution in [0.4, 0.5) is 19.0 Å². The number of phenols is 1. The number of hydrogen-bond acceptors (Lipinski definition) is 7. The number of nitrogens with one attached hydrogen (secondary N) is 1. The van der Waals surface area contributed by atoms with E-state index in [2.05, 4.69) is 21.2 Å². The zero-order chi connectivity index (χ0) is 26.4. The summed E-state index contributed by atoms with van der Waals surface area (Å²) >= 11 is 0. The Morgan fingerprint density at radius 1 is 1.03 bits per heavy atom. The molecule has 2 heterocycles. The summed E-state index contributed by atoms with van der Waals surface area (Å²) in [6.07, 6.45) is -4.49. The fourth-order valence-electron chi connectivity index (χ4n) is 4.13. The lowest BCUT2D eigenvalue weighted by molar-refractivity contribution is -0.123. The topological polar surface area (TPSA) is 90.8 Å². The number of alkyl halides is 3. The number of aromatic hydroxyl groups is 1. The van der Waals surface area contributed by atoms with Gasteiger partial charge in [-0.2, -0.15) is 13.2 Å². The molecule has 4 rings (SSSR count). The highest BCUT2D eigenvalue weighted by atomic mass is 19.4. The van der Waals surface area contributed by atoms with E-state index < -0.39 is 18.6 Å². The van der Waals surface area contributed by atoms with Gasteiger partial charge >= 0.3 is 6.18 Å². The molecule has 2 N–H and O–H groups in total. The second kappa shape index (κ2) is 11.5. The maximum absolute atomic E-state index is 12.3. The number of rotatable bonds is 8. The van der Waals surface area contributed by atoms with Gasteiger partial charge in [-0.3, -0.25) is 9.69 Å². The molecule has 1 aromatic heterocycles. The third kappa shape index (κ3) is 7.32. The molecule has 0 unspecified atom stereocenters.